The predicted octanol–water partition coefficient (Wildman–Crippen LogP) is 1.10. The summed E-state index contributed by atoms with van der Waals surface area (Å²) in [5.41, 5.74) is 0.929. The Morgan fingerprint density at radius 3 is 2.18 bits per heavy atom. The molecule has 0 aliphatic carbocycles. The Morgan fingerprint density at radius 2 is 1.71 bits per heavy atom. The lowest BCUT2D eigenvalue weighted by atomic mass is 10.3. The van der Waals surface area contributed by atoms with Crippen LogP contribution < -0.4 is 0 Å². The van der Waals surface area contributed by atoms with Crippen molar-refractivity contribution in [2.24, 2.45) is 0 Å². The molecule has 0 aromatic carbocycles. The summed E-state index contributed by atoms with van der Waals surface area (Å²) < 4.78 is 27.1. The van der Waals surface area contributed by atoms with Gasteiger partial charge < -0.3 is 0 Å². The lowest BCUT2D eigenvalue weighted by Gasteiger charge is -2.25. The summed E-state index contributed by atoms with van der Waals surface area (Å²) in [4.78, 5) is 3.90. The molecule has 5 nitrogen and oxygen atoms in total. The van der Waals surface area contributed by atoms with E-state index in [0.29, 0.717) is 19.6 Å². The average molecular weight is 257 g/mol. The van der Waals surface area contributed by atoms with E-state index < -0.39 is 10.2 Å². The molecule has 1 aromatic rings. The molecule has 0 saturated carbocycles. The number of pyridine rings is 1. The molecular weight excluding hydrogens is 238 g/mol. The van der Waals surface area contributed by atoms with Crippen molar-refractivity contribution >= 4 is 10.2 Å². The summed E-state index contributed by atoms with van der Waals surface area (Å²) in [5, 5.41) is 0. The van der Waals surface area contributed by atoms with E-state index in [1.807, 2.05) is 26.0 Å². The van der Waals surface area contributed by atoms with Crippen molar-refractivity contribution in [1.29, 1.82) is 0 Å². The molecule has 0 aliphatic rings. The predicted molar refractivity (Wildman–Crippen MR) is 67.5 cm³/mol. The summed E-state index contributed by atoms with van der Waals surface area (Å²) in [6.07, 6.45) is 3.32. The largest absolute Gasteiger partial charge is 0.282 e. The van der Waals surface area contributed by atoms with Crippen molar-refractivity contribution in [3.8, 4) is 0 Å². The molecule has 6 heteroatoms. The minimum absolute atomic E-state index is 0.362. The molecule has 0 spiro atoms. The Bertz CT molecular complexity index is 429. The fraction of sp³-hybridized carbons (Fsp3) is 0.545. The van der Waals surface area contributed by atoms with Gasteiger partial charge in [0.05, 0.1) is 0 Å². The number of aromatic nitrogens is 1. The van der Waals surface area contributed by atoms with E-state index in [1.165, 1.54) is 8.61 Å². The first-order valence-electron chi connectivity index (χ1n) is 5.62. The summed E-state index contributed by atoms with van der Waals surface area (Å²) in [6, 6.07) is 3.63. The number of hydrogen-bond donors (Lipinski definition) is 0. The molecule has 0 N–H and O–H groups in total. The summed E-state index contributed by atoms with van der Waals surface area (Å²) in [5.74, 6) is 0. The van der Waals surface area contributed by atoms with Gasteiger partial charge in [0, 0.05) is 39.1 Å². The van der Waals surface area contributed by atoms with E-state index in [2.05, 4.69) is 4.98 Å². The van der Waals surface area contributed by atoms with Gasteiger partial charge in [0.1, 0.15) is 0 Å². The maximum atomic E-state index is 12.1. The van der Waals surface area contributed by atoms with Gasteiger partial charge in [-0.3, -0.25) is 4.98 Å². The SMILES string of the molecule is CCN(CC)S(=O)(=O)N(C)Cc1ccncc1. The van der Waals surface area contributed by atoms with Gasteiger partial charge in [-0.05, 0) is 17.7 Å². The molecule has 1 rings (SSSR count). The van der Waals surface area contributed by atoms with Crippen molar-refractivity contribution in [3.05, 3.63) is 30.1 Å². The lowest BCUT2D eigenvalue weighted by Crippen LogP contribution is -2.41. The van der Waals surface area contributed by atoms with Crippen LogP contribution in [0.5, 0.6) is 0 Å². The monoisotopic (exact) mass is 257 g/mol. The first-order chi connectivity index (χ1) is 8.02. The molecule has 1 heterocycles. The van der Waals surface area contributed by atoms with Crippen molar-refractivity contribution in [2.75, 3.05) is 20.1 Å². The van der Waals surface area contributed by atoms with Crippen LogP contribution in [0, 0.1) is 0 Å². The normalized spacial score (nSPS) is 12.3. The number of hydrogen-bond acceptors (Lipinski definition) is 3. The molecule has 96 valence electrons. The van der Waals surface area contributed by atoms with Gasteiger partial charge in [0.2, 0.25) is 0 Å². The van der Waals surface area contributed by atoms with Crippen molar-refractivity contribution in [3.63, 3.8) is 0 Å². The molecule has 0 fully saturated rings. The highest BCUT2D eigenvalue weighted by molar-refractivity contribution is 7.86. The molecule has 0 unspecified atom stereocenters. The Labute approximate surface area is 103 Å². The second-order valence-electron chi connectivity index (χ2n) is 3.70. The molecule has 0 saturated heterocycles. The Morgan fingerprint density at radius 1 is 1.18 bits per heavy atom. The van der Waals surface area contributed by atoms with Gasteiger partial charge in [0.15, 0.2) is 0 Å². The number of nitrogens with zero attached hydrogens (tertiary/aromatic N) is 3. The second-order valence-corrected chi connectivity index (χ2v) is 5.74. The van der Waals surface area contributed by atoms with Crippen LogP contribution in [0.4, 0.5) is 0 Å². The van der Waals surface area contributed by atoms with Gasteiger partial charge >= 0.3 is 0 Å². The van der Waals surface area contributed by atoms with Crippen LogP contribution in [-0.4, -0.2) is 42.1 Å². The highest BCUT2D eigenvalue weighted by Gasteiger charge is 2.24. The first-order valence-corrected chi connectivity index (χ1v) is 7.02. The van der Waals surface area contributed by atoms with Crippen LogP contribution >= 0.6 is 0 Å². The molecule has 0 atom stereocenters. The first kappa shape index (κ1) is 14.1. The Hall–Kier alpha value is -0.980. The van der Waals surface area contributed by atoms with E-state index in [0.717, 1.165) is 5.56 Å². The second kappa shape index (κ2) is 6.09. The zero-order valence-corrected chi connectivity index (χ0v) is 11.3. The molecule has 0 amide bonds. The third kappa shape index (κ3) is 3.49. The van der Waals surface area contributed by atoms with Gasteiger partial charge in [-0.1, -0.05) is 13.8 Å². The fourth-order valence-corrected chi connectivity index (χ4v) is 2.93. The maximum Gasteiger partial charge on any atom is 0.282 e. The van der Waals surface area contributed by atoms with Crippen molar-refractivity contribution in [1.82, 2.24) is 13.6 Å². The summed E-state index contributed by atoms with van der Waals surface area (Å²) in [6.45, 7) is 5.00. The van der Waals surface area contributed by atoms with Gasteiger partial charge in [-0.15, -0.1) is 0 Å². The minimum atomic E-state index is -3.35. The van der Waals surface area contributed by atoms with Gasteiger partial charge in [0.25, 0.3) is 10.2 Å². The summed E-state index contributed by atoms with van der Waals surface area (Å²) in [7, 11) is -1.76. The van der Waals surface area contributed by atoms with E-state index in [4.69, 9.17) is 0 Å². The fourth-order valence-electron chi connectivity index (χ4n) is 1.57. The van der Waals surface area contributed by atoms with Crippen LogP contribution in [0.3, 0.4) is 0 Å². The highest BCUT2D eigenvalue weighted by atomic mass is 32.2. The zero-order chi connectivity index (χ0) is 12.9. The van der Waals surface area contributed by atoms with E-state index >= 15 is 0 Å². The molecule has 0 aliphatic heterocycles. The molecule has 0 radical (unpaired) electrons. The van der Waals surface area contributed by atoms with Crippen LogP contribution in [-0.2, 0) is 16.8 Å². The standard InChI is InChI=1S/C11H19N3O2S/c1-4-14(5-2)17(15,16)13(3)10-11-6-8-12-9-7-11/h6-9H,4-5,10H2,1-3H3. The lowest BCUT2D eigenvalue weighted by molar-refractivity contribution is 0.375. The quantitative estimate of drug-likeness (QED) is 0.767. The van der Waals surface area contributed by atoms with Crippen LogP contribution in [0.15, 0.2) is 24.5 Å². The minimum Gasteiger partial charge on any atom is -0.265 e. The molecule has 17 heavy (non-hydrogen) atoms. The molecule has 1 aromatic heterocycles. The third-order valence-corrected chi connectivity index (χ3v) is 4.67. The Kier molecular flexibility index (Phi) is 5.04. The summed E-state index contributed by atoms with van der Waals surface area (Å²) >= 11 is 0. The average Bonchev–Trinajstić information content (AvgIpc) is 2.31. The zero-order valence-electron chi connectivity index (χ0n) is 10.5. The van der Waals surface area contributed by atoms with Crippen molar-refractivity contribution < 1.29 is 8.42 Å². The Balaban J connectivity index is 2.80. The van der Waals surface area contributed by atoms with Crippen LogP contribution in [0.2, 0.25) is 0 Å². The molecular formula is C11H19N3O2S. The van der Waals surface area contributed by atoms with Crippen LogP contribution in [0.1, 0.15) is 19.4 Å². The van der Waals surface area contributed by atoms with Crippen molar-refractivity contribution in [2.45, 2.75) is 20.4 Å². The maximum absolute atomic E-state index is 12.1. The highest BCUT2D eigenvalue weighted by Crippen LogP contribution is 2.10. The van der Waals surface area contributed by atoms with Crippen LogP contribution in [0.25, 0.3) is 0 Å². The third-order valence-electron chi connectivity index (χ3n) is 2.58. The van der Waals surface area contributed by atoms with Gasteiger partial charge in [-0.2, -0.15) is 17.0 Å². The van der Waals surface area contributed by atoms with E-state index in [9.17, 15) is 8.42 Å². The van der Waals surface area contributed by atoms with E-state index in [1.54, 1.807) is 19.4 Å². The number of rotatable bonds is 6. The van der Waals surface area contributed by atoms with E-state index in [-0.39, 0.29) is 0 Å². The molecule has 0 bridgehead atoms. The topological polar surface area (TPSA) is 53.5 Å². The van der Waals surface area contributed by atoms with Gasteiger partial charge in [-0.25, -0.2) is 0 Å². The smallest absolute Gasteiger partial charge is 0.265 e.